The maximum atomic E-state index is 14.8. The average Bonchev–Trinajstić information content (AvgIpc) is 2.70. The van der Waals surface area contributed by atoms with E-state index in [4.69, 9.17) is 5.41 Å². The van der Waals surface area contributed by atoms with Crippen LogP contribution >= 0.6 is 0 Å². The highest BCUT2D eigenvalue weighted by atomic mass is 19.1. The predicted octanol–water partition coefficient (Wildman–Crippen LogP) is 3.80. The Labute approximate surface area is 163 Å². The van der Waals surface area contributed by atoms with Crippen LogP contribution in [0, 0.1) is 11.2 Å². The van der Waals surface area contributed by atoms with E-state index in [1.54, 1.807) is 19.3 Å². The van der Waals surface area contributed by atoms with Crippen molar-refractivity contribution in [3.8, 4) is 0 Å². The molecule has 2 aromatic rings. The number of allylic oxidation sites excluding steroid dienone is 4. The molecule has 1 fully saturated rings. The summed E-state index contributed by atoms with van der Waals surface area (Å²) in [7, 11) is 1.75. The van der Waals surface area contributed by atoms with Crippen molar-refractivity contribution < 1.29 is 9.50 Å². The molecule has 28 heavy (non-hydrogen) atoms. The first-order valence-electron chi connectivity index (χ1n) is 9.47. The van der Waals surface area contributed by atoms with Gasteiger partial charge in [0.1, 0.15) is 11.6 Å². The van der Waals surface area contributed by atoms with Crippen LogP contribution in [0.4, 0.5) is 4.39 Å². The second kappa shape index (κ2) is 7.56. The number of halogens is 1. The van der Waals surface area contributed by atoms with Crippen LogP contribution in [-0.2, 0) is 0 Å². The van der Waals surface area contributed by atoms with Crippen LogP contribution in [0.1, 0.15) is 30.0 Å². The zero-order valence-corrected chi connectivity index (χ0v) is 15.7. The third kappa shape index (κ3) is 3.43. The number of fused-ring (bicyclic) bond motifs is 1. The van der Waals surface area contributed by atoms with E-state index in [2.05, 4.69) is 15.6 Å². The van der Waals surface area contributed by atoms with E-state index in [1.165, 1.54) is 12.1 Å². The largest absolute Gasteiger partial charge is 0.507 e. The van der Waals surface area contributed by atoms with Gasteiger partial charge in [-0.15, -0.1) is 0 Å². The van der Waals surface area contributed by atoms with Crippen molar-refractivity contribution in [3.63, 3.8) is 0 Å². The van der Waals surface area contributed by atoms with Gasteiger partial charge in [0, 0.05) is 41.9 Å². The molecule has 1 aromatic heterocycles. The van der Waals surface area contributed by atoms with Gasteiger partial charge < -0.3 is 21.1 Å². The number of hydrogen-bond acceptors (Lipinski definition) is 5. The van der Waals surface area contributed by atoms with E-state index in [-0.39, 0.29) is 23.2 Å². The summed E-state index contributed by atoms with van der Waals surface area (Å²) in [6.45, 7) is 1.83. The zero-order chi connectivity index (χ0) is 19.7. The SMILES string of the molecule is CN/C=C1/C=C(c2ccc3cc(C4CCNCC4)c(F)cc3n2)C(O)=CC1=N. The summed E-state index contributed by atoms with van der Waals surface area (Å²) >= 11 is 0. The third-order valence-corrected chi connectivity index (χ3v) is 5.33. The minimum atomic E-state index is -0.223. The Morgan fingerprint density at radius 2 is 2.04 bits per heavy atom. The molecule has 2 aliphatic rings. The van der Waals surface area contributed by atoms with Gasteiger partial charge in [0.05, 0.1) is 16.9 Å². The Bertz CT molecular complexity index is 1030. The van der Waals surface area contributed by atoms with Gasteiger partial charge in [-0.25, -0.2) is 9.37 Å². The lowest BCUT2D eigenvalue weighted by molar-refractivity contribution is 0.438. The van der Waals surface area contributed by atoms with E-state index >= 15 is 0 Å². The summed E-state index contributed by atoms with van der Waals surface area (Å²) in [5.74, 6) is -0.00510. The molecule has 2 heterocycles. The predicted molar refractivity (Wildman–Crippen MR) is 110 cm³/mol. The number of nitrogens with one attached hydrogen (secondary N) is 3. The summed E-state index contributed by atoms with van der Waals surface area (Å²) in [5, 5.41) is 25.3. The van der Waals surface area contributed by atoms with Crippen molar-refractivity contribution in [2.75, 3.05) is 20.1 Å². The van der Waals surface area contributed by atoms with E-state index in [0.717, 1.165) is 36.9 Å². The van der Waals surface area contributed by atoms with Gasteiger partial charge in [-0.05, 0) is 55.6 Å². The number of piperidine rings is 1. The molecule has 4 rings (SSSR count). The van der Waals surface area contributed by atoms with E-state index < -0.39 is 0 Å². The molecule has 1 aromatic carbocycles. The second-order valence-corrected chi connectivity index (χ2v) is 7.18. The number of nitrogens with zero attached hydrogens (tertiary/aromatic N) is 1. The summed E-state index contributed by atoms with van der Waals surface area (Å²) in [6.07, 6.45) is 6.67. The van der Waals surface area contributed by atoms with Gasteiger partial charge in [-0.2, -0.15) is 0 Å². The molecule has 4 N–H and O–H groups in total. The molecule has 0 unspecified atom stereocenters. The monoisotopic (exact) mass is 378 g/mol. The van der Waals surface area contributed by atoms with Crippen LogP contribution in [0.3, 0.4) is 0 Å². The van der Waals surface area contributed by atoms with Gasteiger partial charge in [-0.1, -0.05) is 6.07 Å². The van der Waals surface area contributed by atoms with Crippen LogP contribution in [0.5, 0.6) is 0 Å². The van der Waals surface area contributed by atoms with Gasteiger partial charge in [0.2, 0.25) is 0 Å². The molecule has 1 aliphatic heterocycles. The van der Waals surface area contributed by atoms with Crippen LogP contribution < -0.4 is 10.6 Å². The summed E-state index contributed by atoms with van der Waals surface area (Å²) in [6, 6.07) is 7.14. The number of aliphatic hydroxyl groups excluding tert-OH is 1. The number of aliphatic hydroxyl groups is 1. The number of rotatable bonds is 3. The number of hydrogen-bond donors (Lipinski definition) is 4. The van der Waals surface area contributed by atoms with Crippen LogP contribution in [0.2, 0.25) is 0 Å². The normalized spacial score (nSPS) is 19.6. The highest BCUT2D eigenvalue weighted by Gasteiger charge is 2.21. The lowest BCUT2D eigenvalue weighted by Crippen LogP contribution is -2.27. The first kappa shape index (κ1) is 18.4. The maximum absolute atomic E-state index is 14.8. The molecule has 144 valence electrons. The Morgan fingerprint density at radius 3 is 2.79 bits per heavy atom. The van der Waals surface area contributed by atoms with Gasteiger partial charge in [0.15, 0.2) is 0 Å². The Morgan fingerprint density at radius 1 is 1.25 bits per heavy atom. The van der Waals surface area contributed by atoms with Crippen molar-refractivity contribution in [1.82, 2.24) is 15.6 Å². The van der Waals surface area contributed by atoms with Gasteiger partial charge in [0.25, 0.3) is 0 Å². The summed E-state index contributed by atoms with van der Waals surface area (Å²) in [5.41, 5.74) is 3.24. The zero-order valence-electron chi connectivity index (χ0n) is 15.7. The van der Waals surface area contributed by atoms with Crippen molar-refractivity contribution in [1.29, 1.82) is 5.41 Å². The topological polar surface area (TPSA) is 81.0 Å². The van der Waals surface area contributed by atoms with Crippen molar-refractivity contribution in [2.45, 2.75) is 18.8 Å². The van der Waals surface area contributed by atoms with E-state index in [9.17, 15) is 9.50 Å². The summed E-state index contributed by atoms with van der Waals surface area (Å²) < 4.78 is 14.8. The molecular formula is C22H23FN4O. The van der Waals surface area contributed by atoms with Crippen molar-refractivity contribution in [2.24, 2.45) is 0 Å². The molecule has 0 radical (unpaired) electrons. The molecular weight excluding hydrogens is 355 g/mol. The Hall–Kier alpha value is -2.99. The van der Waals surface area contributed by atoms with Crippen LogP contribution in [0.15, 0.2) is 53.9 Å². The minimum absolute atomic E-state index is 0.0168. The number of pyridine rings is 1. The van der Waals surface area contributed by atoms with Crippen molar-refractivity contribution in [3.05, 3.63) is 71.0 Å². The lowest BCUT2D eigenvalue weighted by Gasteiger charge is -2.23. The first-order valence-corrected chi connectivity index (χ1v) is 9.47. The van der Waals surface area contributed by atoms with Crippen LogP contribution in [0.25, 0.3) is 16.5 Å². The summed E-state index contributed by atoms with van der Waals surface area (Å²) in [4.78, 5) is 4.58. The molecule has 0 amide bonds. The minimum Gasteiger partial charge on any atom is -0.507 e. The molecule has 1 aliphatic carbocycles. The molecule has 0 bridgehead atoms. The standard InChI is InChI=1S/C22H23FN4O/c1-25-12-15-9-17(22(28)11-19(15)24)20-3-2-14-8-16(13-4-6-26-7-5-13)18(23)10-21(14)27-20/h2-3,8-13,24-26,28H,4-7H2,1H3/b15-12-,24-19?. The van der Waals surface area contributed by atoms with Gasteiger partial charge >= 0.3 is 0 Å². The van der Waals surface area contributed by atoms with Crippen molar-refractivity contribution >= 4 is 22.2 Å². The maximum Gasteiger partial charge on any atom is 0.128 e. The fraction of sp³-hybridized carbons (Fsp3) is 0.273. The highest BCUT2D eigenvalue weighted by Crippen LogP contribution is 2.32. The smallest absolute Gasteiger partial charge is 0.128 e. The van der Waals surface area contributed by atoms with E-state index in [0.29, 0.717) is 22.4 Å². The molecule has 0 atom stereocenters. The molecule has 0 spiro atoms. The fourth-order valence-electron chi connectivity index (χ4n) is 3.84. The van der Waals surface area contributed by atoms with E-state index in [1.807, 2.05) is 18.2 Å². The fourth-order valence-corrected chi connectivity index (χ4v) is 3.84. The number of aromatic nitrogens is 1. The Balaban J connectivity index is 1.74. The molecule has 0 saturated carbocycles. The highest BCUT2D eigenvalue weighted by molar-refractivity contribution is 6.13. The quantitative estimate of drug-likeness (QED) is 0.655. The van der Waals surface area contributed by atoms with Gasteiger partial charge in [-0.3, -0.25) is 0 Å². The Kier molecular flexibility index (Phi) is 4.96. The van der Waals surface area contributed by atoms with Crippen LogP contribution in [-0.4, -0.2) is 35.9 Å². The second-order valence-electron chi connectivity index (χ2n) is 7.18. The first-order chi connectivity index (χ1) is 13.6. The lowest BCUT2D eigenvalue weighted by atomic mass is 9.89. The molecule has 6 heteroatoms. The molecule has 1 saturated heterocycles. The average molecular weight is 378 g/mol. The third-order valence-electron chi connectivity index (χ3n) is 5.33. The molecule has 5 nitrogen and oxygen atoms in total. The number of benzene rings is 1.